The molecule has 0 aromatic rings. The van der Waals surface area contributed by atoms with E-state index in [2.05, 4.69) is 61.1 Å². The lowest BCUT2D eigenvalue weighted by Crippen LogP contribution is -2.55. The first-order valence-corrected chi connectivity index (χ1v) is 11.2. The fraction of sp³-hybridized carbons (Fsp3) is 0.682. The molecule has 3 aliphatic rings. The summed E-state index contributed by atoms with van der Waals surface area (Å²) in [5.74, 6) is 2.08. The highest BCUT2D eigenvalue weighted by atomic mass is 32.2. The third-order valence-electron chi connectivity index (χ3n) is 6.47. The summed E-state index contributed by atoms with van der Waals surface area (Å²) >= 11 is 1.98. The van der Waals surface area contributed by atoms with E-state index in [0.29, 0.717) is 5.91 Å². The van der Waals surface area contributed by atoms with Crippen molar-refractivity contribution in [2.45, 2.75) is 63.2 Å². The summed E-state index contributed by atoms with van der Waals surface area (Å²) in [4.78, 5) is 17.8. The average Bonchev–Trinajstić information content (AvgIpc) is 2.82. The second-order valence-corrected chi connectivity index (χ2v) is 9.38. The molecule has 1 aliphatic carbocycles. The molecular formula is C22H34N2OS. The molecule has 26 heavy (non-hydrogen) atoms. The summed E-state index contributed by atoms with van der Waals surface area (Å²) in [6, 6.07) is 0.0545. The van der Waals surface area contributed by atoms with E-state index in [4.69, 9.17) is 0 Å². The van der Waals surface area contributed by atoms with Crippen molar-refractivity contribution < 1.29 is 4.79 Å². The van der Waals surface area contributed by atoms with Gasteiger partial charge in [0.2, 0.25) is 5.91 Å². The number of amides is 1. The van der Waals surface area contributed by atoms with Crippen molar-refractivity contribution in [2.75, 3.05) is 26.0 Å². The molecule has 2 saturated heterocycles. The predicted octanol–water partition coefficient (Wildman–Crippen LogP) is 4.62. The van der Waals surface area contributed by atoms with E-state index in [1.54, 1.807) is 0 Å². The van der Waals surface area contributed by atoms with Crippen molar-refractivity contribution in [3.63, 3.8) is 0 Å². The van der Waals surface area contributed by atoms with Crippen molar-refractivity contribution in [3.05, 3.63) is 36.0 Å². The third kappa shape index (κ3) is 4.12. The lowest BCUT2D eigenvalue weighted by Gasteiger charge is -2.39. The van der Waals surface area contributed by atoms with E-state index >= 15 is 0 Å². The quantitative estimate of drug-likeness (QED) is 0.701. The highest BCUT2D eigenvalue weighted by Crippen LogP contribution is 2.45. The second-order valence-electron chi connectivity index (χ2n) is 8.02. The zero-order valence-electron chi connectivity index (χ0n) is 16.6. The summed E-state index contributed by atoms with van der Waals surface area (Å²) in [5.41, 5.74) is 1.53. The Morgan fingerprint density at radius 1 is 1.19 bits per heavy atom. The SMILES string of the molecule is CCC1(CC)SCN(C)[C@@H]1C(=O)N1CCC(CC2=CC=CC=CC2)CC1. The molecule has 3 nitrogen and oxygen atoms in total. The van der Waals surface area contributed by atoms with Crippen LogP contribution in [0.25, 0.3) is 0 Å². The average molecular weight is 375 g/mol. The Bertz CT molecular complexity index is 583. The van der Waals surface area contributed by atoms with Gasteiger partial charge in [-0.2, -0.15) is 0 Å². The third-order valence-corrected chi connectivity index (χ3v) is 8.38. The lowest BCUT2D eigenvalue weighted by atomic mass is 9.87. The summed E-state index contributed by atoms with van der Waals surface area (Å²) < 4.78 is 0.104. The largest absolute Gasteiger partial charge is 0.341 e. The molecule has 0 radical (unpaired) electrons. The number of allylic oxidation sites excluding steroid dienone is 6. The fourth-order valence-electron chi connectivity index (χ4n) is 4.71. The zero-order valence-corrected chi connectivity index (χ0v) is 17.4. The molecule has 0 bridgehead atoms. The summed E-state index contributed by atoms with van der Waals surface area (Å²) in [5, 5.41) is 0. The molecule has 0 saturated carbocycles. The van der Waals surface area contributed by atoms with Gasteiger partial charge in [-0.1, -0.05) is 49.8 Å². The minimum absolute atomic E-state index is 0.0545. The van der Waals surface area contributed by atoms with Gasteiger partial charge in [-0.3, -0.25) is 9.69 Å². The molecule has 2 aliphatic heterocycles. The number of piperidine rings is 1. The van der Waals surface area contributed by atoms with Crippen molar-refractivity contribution in [3.8, 4) is 0 Å². The topological polar surface area (TPSA) is 23.6 Å². The number of carbonyl (C=O) groups excluding carboxylic acids is 1. The minimum atomic E-state index is 0.0545. The number of nitrogens with zero attached hydrogens (tertiary/aromatic N) is 2. The molecule has 2 heterocycles. The number of likely N-dealkylation sites (N-methyl/N-ethyl adjacent to an activating group) is 1. The van der Waals surface area contributed by atoms with E-state index in [-0.39, 0.29) is 10.8 Å². The van der Waals surface area contributed by atoms with Crippen molar-refractivity contribution in [1.29, 1.82) is 0 Å². The van der Waals surface area contributed by atoms with E-state index in [1.807, 2.05) is 11.8 Å². The van der Waals surface area contributed by atoms with Gasteiger partial charge in [-0.15, -0.1) is 11.8 Å². The van der Waals surface area contributed by atoms with Gasteiger partial charge in [0.1, 0.15) is 6.04 Å². The molecule has 1 atom stereocenters. The molecule has 0 spiro atoms. The van der Waals surface area contributed by atoms with Gasteiger partial charge in [0.25, 0.3) is 0 Å². The highest BCUT2D eigenvalue weighted by molar-refractivity contribution is 8.00. The molecule has 2 fully saturated rings. The Hall–Kier alpha value is -1.00. The van der Waals surface area contributed by atoms with E-state index in [9.17, 15) is 4.79 Å². The Morgan fingerprint density at radius 2 is 1.92 bits per heavy atom. The Morgan fingerprint density at radius 3 is 2.62 bits per heavy atom. The Labute approximate surface area is 163 Å². The van der Waals surface area contributed by atoms with Crippen LogP contribution in [-0.4, -0.2) is 52.5 Å². The van der Waals surface area contributed by atoms with Gasteiger partial charge >= 0.3 is 0 Å². The van der Waals surface area contributed by atoms with Gasteiger partial charge < -0.3 is 4.90 Å². The maximum absolute atomic E-state index is 13.3. The zero-order chi connectivity index (χ0) is 18.6. The molecular weight excluding hydrogens is 340 g/mol. The molecule has 4 heteroatoms. The fourth-order valence-corrected chi connectivity index (χ4v) is 6.17. The maximum atomic E-state index is 13.3. The normalized spacial score (nSPS) is 26.8. The van der Waals surface area contributed by atoms with Gasteiger partial charge in [-0.25, -0.2) is 0 Å². The summed E-state index contributed by atoms with van der Waals surface area (Å²) in [6.07, 6.45) is 17.6. The monoisotopic (exact) mass is 374 g/mol. The number of hydrogen-bond donors (Lipinski definition) is 0. The van der Waals surface area contributed by atoms with Crippen LogP contribution in [0.1, 0.15) is 52.4 Å². The smallest absolute Gasteiger partial charge is 0.241 e. The first-order chi connectivity index (χ1) is 12.6. The number of carbonyl (C=O) groups is 1. The van der Waals surface area contributed by atoms with Crippen LogP contribution in [0.5, 0.6) is 0 Å². The van der Waals surface area contributed by atoms with E-state index < -0.39 is 0 Å². The molecule has 0 N–H and O–H groups in total. The van der Waals surface area contributed by atoms with Crippen LogP contribution in [-0.2, 0) is 4.79 Å². The minimum Gasteiger partial charge on any atom is -0.341 e. The number of thioether (sulfide) groups is 1. The van der Waals surface area contributed by atoms with Gasteiger partial charge in [0.15, 0.2) is 0 Å². The first kappa shape index (κ1) is 19.8. The second kappa shape index (κ2) is 8.79. The van der Waals surface area contributed by atoms with Crippen LogP contribution in [0.2, 0.25) is 0 Å². The summed E-state index contributed by atoms with van der Waals surface area (Å²) in [7, 11) is 2.12. The lowest BCUT2D eigenvalue weighted by molar-refractivity contribution is -0.138. The van der Waals surface area contributed by atoms with E-state index in [1.165, 1.54) is 12.0 Å². The molecule has 3 rings (SSSR count). The maximum Gasteiger partial charge on any atom is 0.241 e. The van der Waals surface area contributed by atoms with E-state index in [0.717, 1.165) is 57.0 Å². The molecule has 0 aromatic heterocycles. The van der Waals surface area contributed by atoms with Crippen LogP contribution in [0.4, 0.5) is 0 Å². The van der Waals surface area contributed by atoms with Crippen molar-refractivity contribution in [2.24, 2.45) is 5.92 Å². The summed E-state index contributed by atoms with van der Waals surface area (Å²) in [6.45, 7) is 6.35. The molecule has 0 aromatic carbocycles. The highest BCUT2D eigenvalue weighted by Gasteiger charge is 2.49. The molecule has 144 valence electrons. The van der Waals surface area contributed by atoms with Crippen LogP contribution in [0, 0.1) is 5.92 Å². The first-order valence-electron chi connectivity index (χ1n) is 10.2. The van der Waals surface area contributed by atoms with Crippen LogP contribution in [0.15, 0.2) is 36.0 Å². The standard InChI is InChI=1S/C22H34N2OS/c1-4-22(5-2)20(23(3)17-26-22)21(25)24-14-12-19(13-15-24)16-18-10-8-6-7-9-11-18/h6-10,19-20H,4-5,11-17H2,1-3H3/t20-/m1/s1. The Kier molecular flexibility index (Phi) is 6.68. The van der Waals surface area contributed by atoms with Crippen LogP contribution >= 0.6 is 11.8 Å². The van der Waals surface area contributed by atoms with Crippen molar-refractivity contribution >= 4 is 17.7 Å². The van der Waals surface area contributed by atoms with Crippen molar-refractivity contribution in [1.82, 2.24) is 9.80 Å². The van der Waals surface area contributed by atoms with Gasteiger partial charge in [-0.05, 0) is 51.5 Å². The molecule has 0 unspecified atom stereocenters. The number of hydrogen-bond acceptors (Lipinski definition) is 3. The number of rotatable bonds is 5. The van der Waals surface area contributed by atoms with Crippen LogP contribution in [0.3, 0.4) is 0 Å². The van der Waals surface area contributed by atoms with Gasteiger partial charge in [0.05, 0.1) is 0 Å². The predicted molar refractivity (Wildman–Crippen MR) is 112 cm³/mol. The Balaban J connectivity index is 1.57. The number of likely N-dealkylation sites (tertiary alicyclic amines) is 1. The molecule has 1 amide bonds. The van der Waals surface area contributed by atoms with Crippen LogP contribution < -0.4 is 0 Å². The van der Waals surface area contributed by atoms with Gasteiger partial charge in [0, 0.05) is 23.7 Å².